The summed E-state index contributed by atoms with van der Waals surface area (Å²) in [6.45, 7) is 9.54. The smallest absolute Gasteiger partial charge is 0.181 e. The molecule has 1 aromatic heterocycles. The molecule has 0 unspecified atom stereocenters. The number of benzene rings is 1. The van der Waals surface area contributed by atoms with Crippen LogP contribution in [-0.2, 0) is 0 Å². The first-order valence-corrected chi connectivity index (χ1v) is 7.53. The second-order valence-electron chi connectivity index (χ2n) is 4.41. The van der Waals surface area contributed by atoms with Gasteiger partial charge in [0.25, 0.3) is 0 Å². The van der Waals surface area contributed by atoms with Crippen LogP contribution in [0.5, 0.6) is 0 Å². The summed E-state index contributed by atoms with van der Waals surface area (Å²) in [4.78, 5) is 3.20. The molecule has 0 atom stereocenters. The maximum Gasteiger partial charge on any atom is 0.181 e. The predicted octanol–water partition coefficient (Wildman–Crippen LogP) is 3.72. The van der Waals surface area contributed by atoms with Gasteiger partial charge in [-0.05, 0) is 17.4 Å². The number of fused-ring (bicyclic) bond motifs is 1. The van der Waals surface area contributed by atoms with Crippen LogP contribution in [0, 0.1) is 0 Å². The molecular weight excluding hydrogens is 276 g/mol. The molecule has 0 aliphatic heterocycles. The fourth-order valence-electron chi connectivity index (χ4n) is 2.28. The van der Waals surface area contributed by atoms with E-state index in [1.807, 2.05) is 57.3 Å². The Morgan fingerprint density at radius 2 is 1.95 bits per heavy atom. The van der Waals surface area contributed by atoms with Crippen LogP contribution in [0.15, 0.2) is 61.0 Å². The van der Waals surface area contributed by atoms with Crippen molar-refractivity contribution in [1.29, 1.82) is 0 Å². The quantitative estimate of drug-likeness (QED) is 0.502. The van der Waals surface area contributed by atoms with Crippen molar-refractivity contribution in [3.63, 3.8) is 0 Å². The summed E-state index contributed by atoms with van der Waals surface area (Å²) < 4.78 is 0. The van der Waals surface area contributed by atoms with E-state index in [2.05, 4.69) is 11.6 Å². The van der Waals surface area contributed by atoms with Gasteiger partial charge in [-0.2, -0.15) is 10.4 Å². The van der Waals surface area contributed by atoms with Crippen molar-refractivity contribution in [3.8, 4) is 0 Å². The molecule has 0 saturated carbocycles. The number of hydrogen-bond donors (Lipinski definition) is 4. The summed E-state index contributed by atoms with van der Waals surface area (Å²) >= 11 is 0. The van der Waals surface area contributed by atoms with E-state index in [0.717, 1.165) is 22.0 Å². The second kappa shape index (κ2) is 9.00. The van der Waals surface area contributed by atoms with Crippen molar-refractivity contribution in [2.75, 3.05) is 0 Å². The third-order valence-electron chi connectivity index (χ3n) is 3.23. The normalized spacial score (nSPS) is 12.3. The van der Waals surface area contributed by atoms with Crippen LogP contribution in [0.3, 0.4) is 0 Å². The molecule has 0 radical (unpaired) electrons. The Kier molecular flexibility index (Phi) is 7.32. The first kappa shape index (κ1) is 17.9. The van der Waals surface area contributed by atoms with Crippen LogP contribution < -0.4 is 5.23 Å². The Morgan fingerprint density at radius 1 is 1.27 bits per heavy atom. The molecule has 1 heterocycles. The Labute approximate surface area is 131 Å². The molecule has 2 rings (SSSR count). The first-order chi connectivity index (χ1) is 10.7. The highest BCUT2D eigenvalue weighted by Crippen LogP contribution is 2.27. The lowest BCUT2D eigenvalue weighted by Crippen LogP contribution is -3.05. The van der Waals surface area contributed by atoms with E-state index >= 15 is 0 Å². The topological polar surface area (TPSA) is 60.7 Å². The molecule has 0 saturated heterocycles. The number of hydroxylamine groups is 2. The van der Waals surface area contributed by atoms with E-state index in [-0.39, 0.29) is 0 Å². The number of aromatic amines is 1. The SMILES string of the molecule is C=C/C=C\C(=C(/CC)[NH+](O)O)c1c[nH]c2ccccc12.CC. The lowest BCUT2D eigenvalue weighted by Gasteiger charge is -2.09. The first-order valence-electron chi connectivity index (χ1n) is 7.53. The number of allylic oxidation sites excluding steroid dienone is 5. The van der Waals surface area contributed by atoms with E-state index in [4.69, 9.17) is 0 Å². The number of para-hydroxylation sites is 1. The van der Waals surface area contributed by atoms with E-state index < -0.39 is 5.23 Å². The lowest BCUT2D eigenvalue weighted by atomic mass is 10.0. The average Bonchev–Trinajstić information content (AvgIpc) is 2.97. The Hall–Kier alpha value is -2.14. The van der Waals surface area contributed by atoms with Gasteiger partial charge in [0.15, 0.2) is 5.70 Å². The fourth-order valence-corrected chi connectivity index (χ4v) is 2.28. The molecule has 4 heteroatoms. The summed E-state index contributed by atoms with van der Waals surface area (Å²) in [5.41, 5.74) is 3.24. The fraction of sp³-hybridized carbons (Fsp3) is 0.222. The third kappa shape index (κ3) is 3.95. The Balaban J connectivity index is 0.00000116. The summed E-state index contributed by atoms with van der Waals surface area (Å²) in [6.07, 6.45) is 7.70. The van der Waals surface area contributed by atoms with Crippen LogP contribution in [-0.4, -0.2) is 15.4 Å². The molecule has 4 N–H and O–H groups in total. The maximum absolute atomic E-state index is 9.50. The van der Waals surface area contributed by atoms with Gasteiger partial charge in [-0.3, -0.25) is 0 Å². The summed E-state index contributed by atoms with van der Waals surface area (Å²) in [6, 6.07) is 7.91. The highest BCUT2D eigenvalue weighted by atomic mass is 16.8. The minimum atomic E-state index is -0.638. The molecule has 22 heavy (non-hydrogen) atoms. The van der Waals surface area contributed by atoms with Gasteiger partial charge in [0.1, 0.15) is 0 Å². The molecule has 0 bridgehead atoms. The summed E-state index contributed by atoms with van der Waals surface area (Å²) in [5, 5.41) is 19.4. The van der Waals surface area contributed by atoms with Crippen molar-refractivity contribution in [2.45, 2.75) is 27.2 Å². The highest BCUT2D eigenvalue weighted by Gasteiger charge is 2.18. The van der Waals surface area contributed by atoms with Gasteiger partial charge in [0.2, 0.25) is 0 Å². The van der Waals surface area contributed by atoms with Crippen LogP contribution in [0.25, 0.3) is 16.5 Å². The molecule has 118 valence electrons. The van der Waals surface area contributed by atoms with E-state index in [9.17, 15) is 10.4 Å². The van der Waals surface area contributed by atoms with Crippen molar-refractivity contribution >= 4 is 16.5 Å². The summed E-state index contributed by atoms with van der Waals surface area (Å²) in [7, 11) is 0. The molecule has 1 aromatic carbocycles. The molecule has 0 aliphatic carbocycles. The number of quaternary nitrogens is 1. The molecule has 0 spiro atoms. The third-order valence-corrected chi connectivity index (χ3v) is 3.23. The Morgan fingerprint density at radius 3 is 2.55 bits per heavy atom. The number of H-pyrrole nitrogens is 1. The lowest BCUT2D eigenvalue weighted by molar-refractivity contribution is -1.21. The molecular formula is C18H25N2O2+. The van der Waals surface area contributed by atoms with Crippen molar-refractivity contribution in [2.24, 2.45) is 0 Å². The van der Waals surface area contributed by atoms with Gasteiger partial charge in [0.05, 0.1) is 0 Å². The number of hydrogen-bond acceptors (Lipinski definition) is 2. The van der Waals surface area contributed by atoms with Crippen LogP contribution in [0.4, 0.5) is 0 Å². The van der Waals surface area contributed by atoms with Gasteiger partial charge in [-0.15, -0.1) is 0 Å². The molecule has 0 aliphatic rings. The zero-order chi connectivity index (χ0) is 16.5. The van der Waals surface area contributed by atoms with Crippen molar-refractivity contribution < 1.29 is 15.6 Å². The minimum Gasteiger partial charge on any atom is -0.361 e. The number of rotatable bonds is 5. The van der Waals surface area contributed by atoms with E-state index in [1.54, 1.807) is 12.2 Å². The van der Waals surface area contributed by atoms with E-state index in [1.165, 1.54) is 0 Å². The molecule has 4 nitrogen and oxygen atoms in total. The highest BCUT2D eigenvalue weighted by molar-refractivity contribution is 5.95. The summed E-state index contributed by atoms with van der Waals surface area (Å²) in [5.74, 6) is 0. The van der Waals surface area contributed by atoms with Gasteiger partial charge in [-0.25, -0.2) is 0 Å². The second-order valence-corrected chi connectivity index (χ2v) is 4.41. The van der Waals surface area contributed by atoms with Gasteiger partial charge < -0.3 is 4.98 Å². The molecule has 0 fully saturated rings. The van der Waals surface area contributed by atoms with Crippen molar-refractivity contribution in [1.82, 2.24) is 4.98 Å². The minimum absolute atomic E-state index is 0.507. The monoisotopic (exact) mass is 301 g/mol. The standard InChI is InChI=1S/C16H18N2O2.C2H6/c1-3-5-8-13(16(4-2)18(19)20)14-11-17-15-10-7-6-9-12(14)15;1-2/h3,5-11,17,19-20H,1,4H2,2H3;1-2H3/p+1/b8-5-,16-13-;. The zero-order valence-electron chi connectivity index (χ0n) is 13.4. The predicted molar refractivity (Wildman–Crippen MR) is 90.7 cm³/mol. The largest absolute Gasteiger partial charge is 0.361 e. The van der Waals surface area contributed by atoms with Gasteiger partial charge in [-0.1, -0.05) is 57.7 Å². The van der Waals surface area contributed by atoms with Crippen LogP contribution in [0.1, 0.15) is 32.8 Å². The number of nitrogens with one attached hydrogen (secondary N) is 2. The maximum atomic E-state index is 9.50. The number of aromatic nitrogens is 1. The van der Waals surface area contributed by atoms with Crippen LogP contribution in [0.2, 0.25) is 0 Å². The van der Waals surface area contributed by atoms with Crippen LogP contribution >= 0.6 is 0 Å². The van der Waals surface area contributed by atoms with E-state index in [0.29, 0.717) is 12.1 Å². The molecule has 2 aromatic rings. The van der Waals surface area contributed by atoms with Gasteiger partial charge in [0, 0.05) is 34.7 Å². The average molecular weight is 301 g/mol. The van der Waals surface area contributed by atoms with Gasteiger partial charge >= 0.3 is 0 Å². The van der Waals surface area contributed by atoms with Crippen molar-refractivity contribution in [3.05, 3.63) is 66.5 Å². The molecule has 0 amide bonds. The Bertz CT molecular complexity index is 667. The zero-order valence-corrected chi connectivity index (χ0v) is 13.4.